The Morgan fingerprint density at radius 3 is 3.05 bits per heavy atom. The van der Waals surface area contributed by atoms with Crippen molar-refractivity contribution in [2.75, 3.05) is 13.7 Å². The molecule has 0 aliphatic carbocycles. The molecule has 0 fully saturated rings. The molecule has 0 unspecified atom stereocenters. The first-order chi connectivity index (χ1) is 10.6. The van der Waals surface area contributed by atoms with Crippen molar-refractivity contribution >= 4 is 12.0 Å². The summed E-state index contributed by atoms with van der Waals surface area (Å²) >= 11 is 0. The summed E-state index contributed by atoms with van der Waals surface area (Å²) in [7, 11) is 1.74. The SMILES string of the molecule is Cc1cc(CN(C)C(=O)/C=C/c2ccc3c(c2)CCO3)no1. The number of benzene rings is 1. The van der Waals surface area contributed by atoms with Crippen LogP contribution in [0.5, 0.6) is 5.75 Å². The molecule has 0 bridgehead atoms. The van der Waals surface area contributed by atoms with E-state index >= 15 is 0 Å². The van der Waals surface area contributed by atoms with E-state index in [0.717, 1.165) is 35.8 Å². The van der Waals surface area contributed by atoms with Crippen molar-refractivity contribution in [1.82, 2.24) is 10.1 Å². The minimum atomic E-state index is -0.0719. The molecule has 1 aliphatic heterocycles. The van der Waals surface area contributed by atoms with E-state index < -0.39 is 0 Å². The fourth-order valence-corrected chi connectivity index (χ4v) is 2.42. The van der Waals surface area contributed by atoms with Crippen LogP contribution in [0.2, 0.25) is 0 Å². The van der Waals surface area contributed by atoms with Gasteiger partial charge in [-0.05, 0) is 36.3 Å². The highest BCUT2D eigenvalue weighted by molar-refractivity contribution is 5.91. The van der Waals surface area contributed by atoms with E-state index in [0.29, 0.717) is 6.54 Å². The lowest BCUT2D eigenvalue weighted by atomic mass is 10.1. The highest BCUT2D eigenvalue weighted by Gasteiger charge is 2.12. The molecule has 114 valence electrons. The number of carbonyl (C=O) groups is 1. The van der Waals surface area contributed by atoms with Crippen LogP contribution >= 0.6 is 0 Å². The molecule has 0 spiro atoms. The Hall–Kier alpha value is -2.56. The normalized spacial score (nSPS) is 13.2. The molecular formula is C17H18N2O3. The maximum absolute atomic E-state index is 12.1. The van der Waals surface area contributed by atoms with Crippen LogP contribution in [0.15, 0.2) is 34.9 Å². The zero-order valence-electron chi connectivity index (χ0n) is 12.7. The Morgan fingerprint density at radius 1 is 1.41 bits per heavy atom. The van der Waals surface area contributed by atoms with Gasteiger partial charge in [-0.3, -0.25) is 4.79 Å². The van der Waals surface area contributed by atoms with Crippen LogP contribution < -0.4 is 4.74 Å². The number of fused-ring (bicyclic) bond motifs is 1. The summed E-state index contributed by atoms with van der Waals surface area (Å²) in [5.74, 6) is 1.62. The van der Waals surface area contributed by atoms with Gasteiger partial charge in [-0.1, -0.05) is 11.2 Å². The molecule has 2 heterocycles. The van der Waals surface area contributed by atoms with E-state index in [9.17, 15) is 4.79 Å². The van der Waals surface area contributed by atoms with Crippen LogP contribution in [-0.2, 0) is 17.8 Å². The Bertz CT molecular complexity index is 718. The van der Waals surface area contributed by atoms with Crippen LogP contribution in [0, 0.1) is 6.92 Å². The summed E-state index contributed by atoms with van der Waals surface area (Å²) in [5.41, 5.74) is 2.95. The van der Waals surface area contributed by atoms with Gasteiger partial charge in [0, 0.05) is 25.6 Å². The number of hydrogen-bond donors (Lipinski definition) is 0. The number of ether oxygens (including phenoxy) is 1. The van der Waals surface area contributed by atoms with Crippen molar-refractivity contribution in [1.29, 1.82) is 0 Å². The molecule has 1 amide bonds. The zero-order chi connectivity index (χ0) is 15.5. The van der Waals surface area contributed by atoms with Crippen molar-refractivity contribution in [3.8, 4) is 5.75 Å². The topological polar surface area (TPSA) is 55.6 Å². The monoisotopic (exact) mass is 298 g/mol. The maximum atomic E-state index is 12.1. The van der Waals surface area contributed by atoms with Crippen molar-refractivity contribution in [2.45, 2.75) is 19.9 Å². The summed E-state index contributed by atoms with van der Waals surface area (Å²) < 4.78 is 10.5. The molecule has 22 heavy (non-hydrogen) atoms. The van der Waals surface area contributed by atoms with E-state index in [-0.39, 0.29) is 5.91 Å². The second-order valence-electron chi connectivity index (χ2n) is 5.42. The first-order valence-electron chi connectivity index (χ1n) is 7.23. The third-order valence-corrected chi connectivity index (χ3v) is 3.58. The minimum Gasteiger partial charge on any atom is -0.493 e. The van der Waals surface area contributed by atoms with Crippen molar-refractivity contribution in [2.24, 2.45) is 0 Å². The summed E-state index contributed by atoms with van der Waals surface area (Å²) in [6.07, 6.45) is 4.33. The van der Waals surface area contributed by atoms with E-state index in [4.69, 9.17) is 9.26 Å². The van der Waals surface area contributed by atoms with E-state index in [2.05, 4.69) is 11.2 Å². The van der Waals surface area contributed by atoms with Crippen molar-refractivity contribution < 1.29 is 14.1 Å². The van der Waals surface area contributed by atoms with Crippen LogP contribution in [0.3, 0.4) is 0 Å². The average Bonchev–Trinajstić information content (AvgIpc) is 3.12. The van der Waals surface area contributed by atoms with Crippen LogP contribution in [0.4, 0.5) is 0 Å². The van der Waals surface area contributed by atoms with Crippen LogP contribution in [0.1, 0.15) is 22.6 Å². The highest BCUT2D eigenvalue weighted by Crippen LogP contribution is 2.26. The summed E-state index contributed by atoms with van der Waals surface area (Å²) in [5, 5.41) is 3.89. The van der Waals surface area contributed by atoms with Gasteiger partial charge in [0.2, 0.25) is 5.91 Å². The van der Waals surface area contributed by atoms with Gasteiger partial charge in [0.1, 0.15) is 17.2 Å². The maximum Gasteiger partial charge on any atom is 0.246 e. The molecule has 1 aliphatic rings. The third kappa shape index (κ3) is 3.19. The van der Waals surface area contributed by atoms with Crippen molar-refractivity contribution in [3.63, 3.8) is 0 Å². The van der Waals surface area contributed by atoms with Gasteiger partial charge in [0.25, 0.3) is 0 Å². The van der Waals surface area contributed by atoms with Gasteiger partial charge >= 0.3 is 0 Å². The lowest BCUT2D eigenvalue weighted by molar-refractivity contribution is -0.125. The number of likely N-dealkylation sites (N-methyl/N-ethyl adjacent to an activating group) is 1. The lowest BCUT2D eigenvalue weighted by Gasteiger charge is -2.12. The molecule has 0 atom stereocenters. The average molecular weight is 298 g/mol. The number of hydrogen-bond acceptors (Lipinski definition) is 4. The van der Waals surface area contributed by atoms with E-state index in [1.807, 2.05) is 31.2 Å². The molecule has 0 saturated heterocycles. The molecule has 3 rings (SSSR count). The van der Waals surface area contributed by atoms with Gasteiger partial charge in [-0.15, -0.1) is 0 Å². The molecule has 5 heteroatoms. The third-order valence-electron chi connectivity index (χ3n) is 3.58. The Kier molecular flexibility index (Phi) is 3.96. The fraction of sp³-hybridized carbons (Fsp3) is 0.294. The summed E-state index contributed by atoms with van der Waals surface area (Å²) in [6, 6.07) is 7.80. The molecule has 5 nitrogen and oxygen atoms in total. The first-order valence-corrected chi connectivity index (χ1v) is 7.23. The molecule has 2 aromatic rings. The molecule has 0 N–H and O–H groups in total. The largest absolute Gasteiger partial charge is 0.493 e. The summed E-state index contributed by atoms with van der Waals surface area (Å²) in [6.45, 7) is 3.00. The minimum absolute atomic E-state index is 0.0719. The standard InChI is InChI=1S/C17H18N2O3/c1-12-9-15(18-22-12)11-19(2)17(20)6-4-13-3-5-16-14(10-13)7-8-21-16/h3-6,9-10H,7-8,11H2,1-2H3/b6-4+. The Labute approximate surface area is 129 Å². The zero-order valence-corrected chi connectivity index (χ0v) is 12.7. The molecule has 0 saturated carbocycles. The number of nitrogens with zero attached hydrogens (tertiary/aromatic N) is 2. The highest BCUT2D eigenvalue weighted by atomic mass is 16.5. The molecule has 1 aromatic carbocycles. The van der Waals surface area contributed by atoms with Crippen LogP contribution in [-0.4, -0.2) is 29.6 Å². The Morgan fingerprint density at radius 2 is 2.27 bits per heavy atom. The number of aromatic nitrogens is 1. The predicted octanol–water partition coefficient (Wildman–Crippen LogP) is 2.59. The molecule has 1 aromatic heterocycles. The van der Waals surface area contributed by atoms with Gasteiger partial charge < -0.3 is 14.2 Å². The summed E-state index contributed by atoms with van der Waals surface area (Å²) in [4.78, 5) is 13.7. The second kappa shape index (κ2) is 6.05. The number of aryl methyl sites for hydroxylation is 1. The fourth-order valence-electron chi connectivity index (χ4n) is 2.42. The second-order valence-corrected chi connectivity index (χ2v) is 5.42. The number of carbonyl (C=O) groups excluding carboxylic acids is 1. The van der Waals surface area contributed by atoms with Gasteiger partial charge in [-0.2, -0.15) is 0 Å². The number of amides is 1. The van der Waals surface area contributed by atoms with Gasteiger partial charge in [0.15, 0.2) is 0 Å². The molecule has 0 radical (unpaired) electrons. The van der Waals surface area contributed by atoms with Crippen LogP contribution in [0.25, 0.3) is 6.08 Å². The lowest BCUT2D eigenvalue weighted by Crippen LogP contribution is -2.24. The Balaban J connectivity index is 1.63. The molecular weight excluding hydrogens is 280 g/mol. The van der Waals surface area contributed by atoms with E-state index in [1.54, 1.807) is 18.0 Å². The van der Waals surface area contributed by atoms with Gasteiger partial charge in [0.05, 0.1) is 13.2 Å². The quantitative estimate of drug-likeness (QED) is 0.814. The van der Waals surface area contributed by atoms with Gasteiger partial charge in [-0.25, -0.2) is 0 Å². The smallest absolute Gasteiger partial charge is 0.246 e. The predicted molar refractivity (Wildman–Crippen MR) is 82.4 cm³/mol. The number of rotatable bonds is 4. The van der Waals surface area contributed by atoms with E-state index in [1.165, 1.54) is 5.56 Å². The first kappa shape index (κ1) is 14.4. The van der Waals surface area contributed by atoms with Crippen molar-refractivity contribution in [3.05, 3.63) is 52.9 Å².